The number of amides is 1. The lowest BCUT2D eigenvalue weighted by molar-refractivity contribution is -0.121. The number of carbonyl (C=O) groups is 1. The van der Waals surface area contributed by atoms with E-state index in [1.54, 1.807) is 0 Å². The number of nitrogens with two attached hydrogens (primary N) is 1. The third kappa shape index (κ3) is 3.55. The summed E-state index contributed by atoms with van der Waals surface area (Å²) in [6.45, 7) is 4.62. The van der Waals surface area contributed by atoms with E-state index in [2.05, 4.69) is 5.43 Å². The van der Waals surface area contributed by atoms with Crippen LogP contribution >= 0.6 is 0 Å². The van der Waals surface area contributed by atoms with Crippen molar-refractivity contribution in [3.8, 4) is 5.75 Å². The lowest BCUT2D eigenvalue weighted by Crippen LogP contribution is -2.30. The molecule has 0 unspecified atom stereocenters. The zero-order valence-electron chi connectivity index (χ0n) is 9.75. The average Bonchev–Trinajstić information content (AvgIpc) is 2.29. The molecule has 0 aromatic heterocycles. The summed E-state index contributed by atoms with van der Waals surface area (Å²) in [6.07, 6.45) is 1.10. The maximum atomic E-state index is 11.0. The van der Waals surface area contributed by atoms with E-state index in [-0.39, 0.29) is 5.91 Å². The van der Waals surface area contributed by atoms with Gasteiger partial charge >= 0.3 is 0 Å². The number of hydrazine groups is 1. The van der Waals surface area contributed by atoms with Crippen molar-refractivity contribution in [3.63, 3.8) is 0 Å². The van der Waals surface area contributed by atoms with Gasteiger partial charge in [-0.15, -0.1) is 0 Å². The van der Waals surface area contributed by atoms with Gasteiger partial charge in [-0.3, -0.25) is 10.2 Å². The lowest BCUT2D eigenvalue weighted by atomic mass is 10.1. The molecule has 3 N–H and O–H groups in total. The summed E-state index contributed by atoms with van der Waals surface area (Å²) in [5.74, 6) is 5.76. The highest BCUT2D eigenvalue weighted by Crippen LogP contribution is 2.19. The van der Waals surface area contributed by atoms with E-state index in [9.17, 15) is 4.79 Å². The molecule has 0 aliphatic rings. The summed E-state index contributed by atoms with van der Waals surface area (Å²) in [6, 6.07) is 5.95. The summed E-state index contributed by atoms with van der Waals surface area (Å²) < 4.78 is 5.44. The molecule has 0 heterocycles. The Morgan fingerprint density at radius 3 is 2.81 bits per heavy atom. The minimum atomic E-state index is -0.147. The third-order valence-corrected chi connectivity index (χ3v) is 2.34. The molecule has 1 amide bonds. The van der Waals surface area contributed by atoms with Crippen molar-refractivity contribution in [2.24, 2.45) is 5.84 Å². The highest BCUT2D eigenvalue weighted by molar-refractivity contribution is 5.75. The molecule has 0 aliphatic carbocycles. The largest absolute Gasteiger partial charge is 0.494 e. The predicted molar refractivity (Wildman–Crippen MR) is 63.0 cm³/mol. The van der Waals surface area contributed by atoms with Crippen LogP contribution < -0.4 is 16.0 Å². The molecule has 0 radical (unpaired) electrons. The molecule has 4 nitrogen and oxygen atoms in total. The summed E-state index contributed by atoms with van der Waals surface area (Å²) in [4.78, 5) is 11.0. The molecular weight excluding hydrogens is 204 g/mol. The zero-order valence-corrected chi connectivity index (χ0v) is 9.75. The van der Waals surface area contributed by atoms with Crippen LogP contribution in [-0.2, 0) is 11.2 Å². The fourth-order valence-electron chi connectivity index (χ4n) is 1.51. The van der Waals surface area contributed by atoms with Gasteiger partial charge in [-0.25, -0.2) is 5.84 Å². The van der Waals surface area contributed by atoms with E-state index in [0.29, 0.717) is 19.4 Å². The highest BCUT2D eigenvalue weighted by atomic mass is 16.5. The second kappa shape index (κ2) is 6.12. The number of aryl methyl sites for hydroxylation is 2. The SMILES string of the molecule is CCOc1ccc(CCC(=O)NN)cc1C. The van der Waals surface area contributed by atoms with Crippen molar-refractivity contribution in [1.29, 1.82) is 0 Å². The number of hydrogen-bond acceptors (Lipinski definition) is 3. The van der Waals surface area contributed by atoms with Gasteiger partial charge in [-0.1, -0.05) is 12.1 Å². The fraction of sp³-hybridized carbons (Fsp3) is 0.417. The van der Waals surface area contributed by atoms with Gasteiger partial charge < -0.3 is 4.74 Å². The summed E-state index contributed by atoms with van der Waals surface area (Å²) >= 11 is 0. The van der Waals surface area contributed by atoms with Gasteiger partial charge in [0.25, 0.3) is 0 Å². The fourth-order valence-corrected chi connectivity index (χ4v) is 1.51. The molecule has 0 atom stereocenters. The first-order chi connectivity index (χ1) is 7.67. The summed E-state index contributed by atoms with van der Waals surface area (Å²) in [7, 11) is 0. The number of nitrogens with one attached hydrogen (secondary N) is 1. The Morgan fingerprint density at radius 2 is 2.25 bits per heavy atom. The minimum Gasteiger partial charge on any atom is -0.494 e. The first-order valence-corrected chi connectivity index (χ1v) is 5.39. The maximum absolute atomic E-state index is 11.0. The molecule has 0 aliphatic heterocycles. The van der Waals surface area contributed by atoms with Crippen molar-refractivity contribution < 1.29 is 9.53 Å². The van der Waals surface area contributed by atoms with Gasteiger partial charge in [0.15, 0.2) is 0 Å². The molecule has 1 aromatic rings. The molecule has 4 heteroatoms. The van der Waals surface area contributed by atoms with Crippen LogP contribution in [0.5, 0.6) is 5.75 Å². The zero-order chi connectivity index (χ0) is 12.0. The van der Waals surface area contributed by atoms with Gasteiger partial charge in [-0.05, 0) is 37.5 Å². The van der Waals surface area contributed by atoms with Crippen LogP contribution in [0.3, 0.4) is 0 Å². The average molecular weight is 222 g/mol. The van der Waals surface area contributed by atoms with E-state index in [1.807, 2.05) is 32.0 Å². The monoisotopic (exact) mass is 222 g/mol. The van der Waals surface area contributed by atoms with E-state index in [4.69, 9.17) is 10.6 Å². The molecular formula is C12H18N2O2. The first kappa shape index (κ1) is 12.5. The van der Waals surface area contributed by atoms with Crippen LogP contribution in [0.4, 0.5) is 0 Å². The molecule has 0 saturated carbocycles. The summed E-state index contributed by atoms with van der Waals surface area (Å²) in [5, 5.41) is 0. The molecule has 0 bridgehead atoms. The quantitative estimate of drug-likeness (QED) is 0.448. The Labute approximate surface area is 95.8 Å². The van der Waals surface area contributed by atoms with Gasteiger partial charge in [0.2, 0.25) is 5.91 Å². The molecule has 1 rings (SSSR count). The molecule has 88 valence electrons. The van der Waals surface area contributed by atoms with Crippen molar-refractivity contribution >= 4 is 5.91 Å². The normalized spacial score (nSPS) is 9.94. The first-order valence-electron chi connectivity index (χ1n) is 5.39. The van der Waals surface area contributed by atoms with Crippen LogP contribution in [-0.4, -0.2) is 12.5 Å². The topological polar surface area (TPSA) is 64.3 Å². The van der Waals surface area contributed by atoms with Crippen LogP contribution in [0.1, 0.15) is 24.5 Å². The standard InChI is InChI=1S/C12H18N2O2/c1-3-16-11-6-4-10(8-9(11)2)5-7-12(15)14-13/h4,6,8H,3,5,7,13H2,1-2H3,(H,14,15). The predicted octanol–water partition coefficient (Wildman–Crippen LogP) is 1.32. The molecule has 0 fully saturated rings. The number of hydrogen-bond donors (Lipinski definition) is 2. The van der Waals surface area contributed by atoms with Crippen molar-refractivity contribution in [2.45, 2.75) is 26.7 Å². The number of rotatable bonds is 5. The lowest BCUT2D eigenvalue weighted by Gasteiger charge is -2.08. The molecule has 0 spiro atoms. The Balaban J connectivity index is 2.62. The molecule has 1 aromatic carbocycles. The second-order valence-corrected chi connectivity index (χ2v) is 3.60. The maximum Gasteiger partial charge on any atom is 0.234 e. The Bertz CT molecular complexity index is 364. The van der Waals surface area contributed by atoms with Crippen LogP contribution in [0.25, 0.3) is 0 Å². The Morgan fingerprint density at radius 1 is 1.50 bits per heavy atom. The Hall–Kier alpha value is -1.55. The molecule has 0 saturated heterocycles. The van der Waals surface area contributed by atoms with E-state index >= 15 is 0 Å². The summed E-state index contributed by atoms with van der Waals surface area (Å²) in [5.41, 5.74) is 4.32. The third-order valence-electron chi connectivity index (χ3n) is 2.34. The van der Waals surface area contributed by atoms with Gasteiger partial charge in [-0.2, -0.15) is 0 Å². The van der Waals surface area contributed by atoms with Crippen LogP contribution in [0, 0.1) is 6.92 Å². The van der Waals surface area contributed by atoms with E-state index < -0.39 is 0 Å². The number of benzene rings is 1. The van der Waals surface area contributed by atoms with Gasteiger partial charge in [0.05, 0.1) is 6.61 Å². The van der Waals surface area contributed by atoms with Gasteiger partial charge in [0, 0.05) is 6.42 Å². The van der Waals surface area contributed by atoms with Crippen LogP contribution in [0.15, 0.2) is 18.2 Å². The van der Waals surface area contributed by atoms with Crippen molar-refractivity contribution in [1.82, 2.24) is 5.43 Å². The van der Waals surface area contributed by atoms with Gasteiger partial charge in [0.1, 0.15) is 5.75 Å². The van der Waals surface area contributed by atoms with E-state index in [0.717, 1.165) is 16.9 Å². The van der Waals surface area contributed by atoms with Crippen molar-refractivity contribution in [3.05, 3.63) is 29.3 Å². The Kier molecular flexibility index (Phi) is 4.79. The molecule has 16 heavy (non-hydrogen) atoms. The highest BCUT2D eigenvalue weighted by Gasteiger charge is 2.03. The van der Waals surface area contributed by atoms with E-state index in [1.165, 1.54) is 0 Å². The number of carbonyl (C=O) groups excluding carboxylic acids is 1. The smallest absolute Gasteiger partial charge is 0.234 e. The second-order valence-electron chi connectivity index (χ2n) is 3.60. The van der Waals surface area contributed by atoms with Crippen LogP contribution in [0.2, 0.25) is 0 Å². The van der Waals surface area contributed by atoms with Crippen molar-refractivity contribution in [2.75, 3.05) is 6.61 Å². The minimum absolute atomic E-state index is 0.147. The number of ether oxygens (including phenoxy) is 1.